The topological polar surface area (TPSA) is 117 Å². The number of nitrogen functional groups attached to an aromatic ring is 1. The number of carbonyl (C=O) groups is 1. The summed E-state index contributed by atoms with van der Waals surface area (Å²) in [6.07, 6.45) is 3.60. The van der Waals surface area contributed by atoms with Crippen molar-refractivity contribution >= 4 is 42.3 Å². The number of likely N-dealkylation sites (tertiary alicyclic amines) is 1. The van der Waals surface area contributed by atoms with Crippen LogP contribution in [0.3, 0.4) is 0 Å². The van der Waals surface area contributed by atoms with Crippen LogP contribution < -0.4 is 25.6 Å². The van der Waals surface area contributed by atoms with Crippen LogP contribution in [0.5, 0.6) is 5.75 Å². The Balaban J connectivity index is 0.000000619. The van der Waals surface area contributed by atoms with Crippen molar-refractivity contribution < 1.29 is 27.8 Å². The molecule has 9 nitrogen and oxygen atoms in total. The van der Waals surface area contributed by atoms with Gasteiger partial charge in [-0.2, -0.15) is 0 Å². The summed E-state index contributed by atoms with van der Waals surface area (Å²) < 4.78 is 46.0. The molecule has 1 saturated heterocycles. The number of hydrogen-bond acceptors (Lipinski definition) is 7. The Kier molecular flexibility index (Phi) is 14.7. The molecule has 13 heteroatoms. The molecule has 1 fully saturated rings. The van der Waals surface area contributed by atoms with E-state index in [4.69, 9.17) is 10.5 Å². The molecule has 3 aromatic rings. The van der Waals surface area contributed by atoms with Gasteiger partial charge in [0.1, 0.15) is 0 Å². The van der Waals surface area contributed by atoms with Crippen molar-refractivity contribution in [3.05, 3.63) is 47.7 Å². The summed E-state index contributed by atoms with van der Waals surface area (Å²) in [4.78, 5) is 14.6. The van der Waals surface area contributed by atoms with E-state index in [1.807, 2.05) is 13.8 Å². The summed E-state index contributed by atoms with van der Waals surface area (Å²) in [6.45, 7) is 8.40. The number of piperidine rings is 1. The molecule has 0 saturated carbocycles. The molecule has 1 aromatic carbocycles. The van der Waals surface area contributed by atoms with Gasteiger partial charge in [-0.15, -0.1) is 0 Å². The number of anilines is 2. The molecule has 43 heavy (non-hydrogen) atoms. The van der Waals surface area contributed by atoms with Crippen LogP contribution in [0, 0.1) is 11.8 Å². The summed E-state index contributed by atoms with van der Waals surface area (Å²) in [6, 6.07) is 9.37. The normalized spacial score (nSPS) is 13.8. The van der Waals surface area contributed by atoms with Crippen molar-refractivity contribution in [3.63, 3.8) is 0 Å². The van der Waals surface area contributed by atoms with E-state index in [1.165, 1.54) is 56.1 Å². The standard InChI is InChI=1S/C22H22F3N5O3Se.C6H13N.C2H6/c1-13(31)12-28-21(32)14-8-9-15(18(11-14)33-2)27-10-4-5-16-20(34-22(23,24)25)17-6-3-7-19(26)30(17)29-16;1-7-5-3-2-4-6-7;1-2/h3,6-9,11,13,27,31H,10,12,26H2,1-2H3,(H,28,32);2-6H2,1H3;1-2H3. The van der Waals surface area contributed by atoms with Crippen LogP contribution >= 0.6 is 0 Å². The molecule has 1 aliphatic heterocycles. The maximum absolute atomic E-state index is 13.1. The van der Waals surface area contributed by atoms with Crippen molar-refractivity contribution in [2.24, 2.45) is 0 Å². The first-order valence-electron chi connectivity index (χ1n) is 14.1. The van der Waals surface area contributed by atoms with E-state index >= 15 is 0 Å². The molecule has 1 amide bonds. The third-order valence-corrected chi connectivity index (χ3v) is 7.79. The predicted octanol–water partition coefficient (Wildman–Crippen LogP) is 3.48. The molecular formula is C30H41F3N6O3Se. The molecule has 236 valence electrons. The van der Waals surface area contributed by atoms with Crippen molar-refractivity contribution in [2.75, 3.05) is 51.4 Å². The minimum atomic E-state index is -4.37. The Labute approximate surface area is 257 Å². The van der Waals surface area contributed by atoms with Gasteiger partial charge in [0.05, 0.1) is 6.10 Å². The van der Waals surface area contributed by atoms with Gasteiger partial charge in [-0.25, -0.2) is 0 Å². The van der Waals surface area contributed by atoms with E-state index < -0.39 is 26.1 Å². The Morgan fingerprint density at radius 3 is 2.49 bits per heavy atom. The van der Waals surface area contributed by atoms with Gasteiger partial charge < -0.3 is 10.0 Å². The molecule has 0 aliphatic carbocycles. The average molecular weight is 670 g/mol. The zero-order chi connectivity index (χ0) is 32.0. The molecular weight excluding hydrogens is 628 g/mol. The fourth-order valence-electron chi connectivity index (χ4n) is 4.01. The number of aliphatic hydroxyl groups is 1. The zero-order valence-electron chi connectivity index (χ0n) is 25.2. The van der Waals surface area contributed by atoms with Crippen LogP contribution in [0.4, 0.5) is 24.7 Å². The molecule has 4 rings (SSSR count). The number of benzene rings is 1. The number of hydrogen-bond donors (Lipinski definition) is 4. The SMILES string of the molecule is CC.CN1CCCCC1.COc1cc(C(=O)NCC(C)O)ccc1NCC#Cc1nn2c(N)cccc2c1[Se]C(F)(F)F. The number of rotatable bonds is 7. The first kappa shape index (κ1) is 35.8. The van der Waals surface area contributed by atoms with Crippen LogP contribution in [0.1, 0.15) is 56.1 Å². The van der Waals surface area contributed by atoms with Gasteiger partial charge in [-0.3, -0.25) is 0 Å². The number of nitrogens with two attached hydrogens (primary N) is 1. The predicted molar refractivity (Wildman–Crippen MR) is 166 cm³/mol. The molecule has 0 bridgehead atoms. The zero-order valence-corrected chi connectivity index (χ0v) is 26.9. The number of aliphatic hydroxyl groups excluding tert-OH is 1. The van der Waals surface area contributed by atoms with E-state index in [1.54, 1.807) is 31.2 Å². The van der Waals surface area contributed by atoms with E-state index in [0.29, 0.717) is 17.0 Å². The number of ether oxygens (including phenoxy) is 1. The third-order valence-electron chi connectivity index (χ3n) is 6.03. The van der Waals surface area contributed by atoms with E-state index in [0.717, 1.165) is 0 Å². The molecule has 5 N–H and O–H groups in total. The molecule has 0 radical (unpaired) electrons. The van der Waals surface area contributed by atoms with Gasteiger partial charge in [0.2, 0.25) is 0 Å². The first-order valence-corrected chi connectivity index (χ1v) is 15.8. The number of alkyl halides is 3. The molecule has 2 aromatic heterocycles. The van der Waals surface area contributed by atoms with Crippen molar-refractivity contribution in [3.8, 4) is 17.6 Å². The maximum atomic E-state index is 13.1. The fourth-order valence-corrected chi connectivity index (χ4v) is 5.43. The van der Waals surface area contributed by atoms with Crippen LogP contribution in [0.2, 0.25) is 0 Å². The number of methoxy groups -OCH3 is 1. The summed E-state index contributed by atoms with van der Waals surface area (Å²) in [5.74, 6) is 5.72. The van der Waals surface area contributed by atoms with Gasteiger partial charge >= 0.3 is 175 Å². The van der Waals surface area contributed by atoms with E-state index in [9.17, 15) is 23.1 Å². The number of pyridine rings is 1. The molecule has 1 aliphatic rings. The quantitative estimate of drug-likeness (QED) is 0.225. The molecule has 3 heterocycles. The number of nitrogens with zero attached hydrogens (tertiary/aromatic N) is 3. The second-order valence-corrected chi connectivity index (χ2v) is 11.7. The first-order chi connectivity index (χ1) is 20.5. The van der Waals surface area contributed by atoms with Crippen LogP contribution in [0.15, 0.2) is 36.4 Å². The van der Waals surface area contributed by atoms with Gasteiger partial charge in [-0.05, 0) is 39.9 Å². The van der Waals surface area contributed by atoms with E-state index in [-0.39, 0.29) is 40.5 Å². The van der Waals surface area contributed by atoms with Crippen molar-refractivity contribution in [1.29, 1.82) is 0 Å². The summed E-state index contributed by atoms with van der Waals surface area (Å²) >= 11 is -1.84. The second kappa shape index (κ2) is 17.6. The van der Waals surface area contributed by atoms with Crippen molar-refractivity contribution in [1.82, 2.24) is 19.8 Å². The number of carbonyl (C=O) groups excluding carboxylic acids is 1. The number of amides is 1. The van der Waals surface area contributed by atoms with Crippen LogP contribution in [0.25, 0.3) is 5.52 Å². The summed E-state index contributed by atoms with van der Waals surface area (Å²) in [7, 11) is 3.63. The monoisotopic (exact) mass is 670 g/mol. The van der Waals surface area contributed by atoms with Gasteiger partial charge in [-0.1, -0.05) is 20.3 Å². The van der Waals surface area contributed by atoms with E-state index in [2.05, 4.69) is 39.5 Å². The van der Waals surface area contributed by atoms with Crippen LogP contribution in [-0.2, 0) is 0 Å². The van der Waals surface area contributed by atoms with Gasteiger partial charge in [0, 0.05) is 6.54 Å². The molecule has 0 spiro atoms. The number of aromatic nitrogens is 2. The number of fused-ring (bicyclic) bond motifs is 1. The minimum absolute atomic E-state index is 0.0185. The van der Waals surface area contributed by atoms with Crippen LogP contribution in [-0.4, -0.2) is 92.0 Å². The Morgan fingerprint density at radius 2 is 1.91 bits per heavy atom. The molecule has 1 unspecified atom stereocenters. The van der Waals surface area contributed by atoms with Crippen molar-refractivity contribution in [2.45, 2.75) is 51.2 Å². The second-order valence-electron chi connectivity index (χ2n) is 9.47. The molecule has 1 atom stereocenters. The third kappa shape index (κ3) is 11.6. The Bertz CT molecular complexity index is 1380. The fraction of sp³-hybridized carbons (Fsp3) is 0.467. The number of nitrogens with one attached hydrogen (secondary N) is 2. The summed E-state index contributed by atoms with van der Waals surface area (Å²) in [5.41, 5.74) is 7.03. The van der Waals surface area contributed by atoms with Gasteiger partial charge in [0.15, 0.2) is 0 Å². The average Bonchev–Trinajstić information content (AvgIpc) is 3.32. The van der Waals surface area contributed by atoms with Gasteiger partial charge in [0.25, 0.3) is 0 Å². The Hall–Kier alpha value is -3.43. The summed E-state index contributed by atoms with van der Waals surface area (Å²) in [5, 5.41) is 14.7. The number of halogens is 3. The Morgan fingerprint density at radius 1 is 1.21 bits per heavy atom.